The molecule has 1 aromatic rings. The molecule has 2 aliphatic heterocycles. The van der Waals surface area contributed by atoms with E-state index >= 15 is 0 Å². The lowest BCUT2D eigenvalue weighted by atomic mass is 10.1. The van der Waals surface area contributed by atoms with Gasteiger partial charge in [-0.15, -0.1) is 0 Å². The van der Waals surface area contributed by atoms with Crippen molar-refractivity contribution in [1.82, 2.24) is 4.90 Å². The number of hydrogen-bond acceptors (Lipinski definition) is 5. The van der Waals surface area contributed by atoms with Crippen LogP contribution in [0, 0.1) is 0 Å². The van der Waals surface area contributed by atoms with Crippen LogP contribution in [0.5, 0.6) is 11.5 Å². The molecule has 1 saturated heterocycles. The largest absolute Gasteiger partial charge is 0.481 e. The number of aliphatic carboxylic acids is 1. The fourth-order valence-corrected chi connectivity index (χ4v) is 3.79. The van der Waals surface area contributed by atoms with Crippen LogP contribution >= 0.6 is 0 Å². The Bertz CT molecular complexity index is 747. The minimum Gasteiger partial charge on any atom is -0.481 e. The third-order valence-corrected chi connectivity index (χ3v) is 5.35. The number of unbranched alkanes of at least 4 members (excludes halogenated alkanes) is 3. The van der Waals surface area contributed by atoms with Crippen LogP contribution in [0.15, 0.2) is 30.4 Å². The van der Waals surface area contributed by atoms with Crippen LogP contribution in [-0.4, -0.2) is 52.5 Å². The van der Waals surface area contributed by atoms with E-state index in [-0.39, 0.29) is 25.2 Å². The number of carboxylic acid groups (broad SMARTS) is 1. The minimum atomic E-state index is -0.760. The van der Waals surface area contributed by atoms with Gasteiger partial charge < -0.3 is 24.6 Å². The van der Waals surface area contributed by atoms with Crippen LogP contribution in [0.25, 0.3) is 0 Å². The van der Waals surface area contributed by atoms with E-state index in [2.05, 4.69) is 0 Å². The molecule has 1 amide bonds. The highest BCUT2D eigenvalue weighted by Crippen LogP contribution is 2.32. The van der Waals surface area contributed by atoms with Crippen LogP contribution in [0.3, 0.4) is 0 Å². The van der Waals surface area contributed by atoms with E-state index < -0.39 is 12.1 Å². The lowest BCUT2D eigenvalue weighted by Gasteiger charge is -2.22. The molecule has 7 nitrogen and oxygen atoms in total. The molecule has 2 atom stereocenters. The number of carboxylic acids is 1. The van der Waals surface area contributed by atoms with E-state index in [4.69, 9.17) is 14.6 Å². The Labute approximate surface area is 170 Å². The van der Waals surface area contributed by atoms with Crippen molar-refractivity contribution in [2.45, 2.75) is 63.5 Å². The Morgan fingerprint density at radius 2 is 2.00 bits per heavy atom. The summed E-state index contributed by atoms with van der Waals surface area (Å²) < 4.78 is 10.7. The number of fused-ring (bicyclic) bond motifs is 1. The maximum absolute atomic E-state index is 12.2. The van der Waals surface area contributed by atoms with E-state index in [9.17, 15) is 14.7 Å². The number of aliphatic hydroxyl groups excluding tert-OH is 1. The van der Waals surface area contributed by atoms with Crippen molar-refractivity contribution in [1.29, 1.82) is 0 Å². The maximum atomic E-state index is 12.2. The number of likely N-dealkylation sites (tertiary alicyclic amines) is 1. The van der Waals surface area contributed by atoms with Crippen molar-refractivity contribution in [3.8, 4) is 11.5 Å². The van der Waals surface area contributed by atoms with E-state index in [1.807, 2.05) is 29.2 Å². The normalized spacial score (nSPS) is 19.3. The first-order valence-corrected chi connectivity index (χ1v) is 10.3. The Morgan fingerprint density at radius 3 is 2.83 bits per heavy atom. The standard InChI is InChI=1S/C22H29NO6/c24-18(13-16-6-10-19-20(14-16)29-15-28-19)9-7-17-8-11-21(25)23(17)12-4-2-1-3-5-22(26)27/h6-7,9-10,14,17-18,24H,1-5,8,11-13,15H2,(H,26,27)/b9-7+/t17-,18?/m1/s1. The number of carbonyl (C=O) groups excluding carboxylic acids is 1. The SMILES string of the molecule is O=C(O)CCCCCCN1C(=O)CC[C@H]1/C=C/C(O)Cc1ccc2c(c1)OCO2. The maximum Gasteiger partial charge on any atom is 0.303 e. The van der Waals surface area contributed by atoms with E-state index in [1.54, 1.807) is 6.08 Å². The summed E-state index contributed by atoms with van der Waals surface area (Å²) in [6.45, 7) is 0.908. The van der Waals surface area contributed by atoms with Gasteiger partial charge in [-0.2, -0.15) is 0 Å². The molecule has 2 aliphatic rings. The molecule has 1 unspecified atom stereocenters. The first-order chi connectivity index (χ1) is 14.0. The molecule has 29 heavy (non-hydrogen) atoms. The predicted molar refractivity (Wildman–Crippen MR) is 107 cm³/mol. The number of rotatable bonds is 11. The molecule has 3 rings (SSSR count). The summed E-state index contributed by atoms with van der Waals surface area (Å²) in [5, 5.41) is 19.0. The Kier molecular flexibility index (Phi) is 7.52. The molecule has 1 fully saturated rings. The summed E-state index contributed by atoms with van der Waals surface area (Å²) in [4.78, 5) is 24.6. The Morgan fingerprint density at radius 1 is 1.21 bits per heavy atom. The zero-order valence-electron chi connectivity index (χ0n) is 16.6. The van der Waals surface area contributed by atoms with Gasteiger partial charge in [0.15, 0.2) is 11.5 Å². The quantitative estimate of drug-likeness (QED) is 0.436. The number of ether oxygens (including phenoxy) is 2. The third-order valence-electron chi connectivity index (χ3n) is 5.35. The number of benzene rings is 1. The molecule has 0 saturated carbocycles. The first kappa shape index (κ1) is 21.2. The van der Waals surface area contributed by atoms with Crippen molar-refractivity contribution in [2.75, 3.05) is 13.3 Å². The average Bonchev–Trinajstić information content (AvgIpc) is 3.29. The lowest BCUT2D eigenvalue weighted by Crippen LogP contribution is -2.32. The van der Waals surface area contributed by atoms with Crippen molar-refractivity contribution in [2.24, 2.45) is 0 Å². The fourth-order valence-electron chi connectivity index (χ4n) is 3.79. The summed E-state index contributed by atoms with van der Waals surface area (Å²) in [5.41, 5.74) is 0.965. The second-order valence-corrected chi connectivity index (χ2v) is 7.60. The van der Waals surface area contributed by atoms with Gasteiger partial charge >= 0.3 is 5.97 Å². The summed E-state index contributed by atoms with van der Waals surface area (Å²) in [5.74, 6) is 0.816. The Hall–Kier alpha value is -2.54. The van der Waals surface area contributed by atoms with Gasteiger partial charge in [0.2, 0.25) is 12.7 Å². The molecule has 2 N–H and O–H groups in total. The second kappa shape index (κ2) is 10.3. The highest BCUT2D eigenvalue weighted by Gasteiger charge is 2.28. The first-order valence-electron chi connectivity index (χ1n) is 10.3. The van der Waals surface area contributed by atoms with Gasteiger partial charge in [-0.05, 0) is 37.0 Å². The van der Waals surface area contributed by atoms with Crippen LogP contribution in [0.2, 0.25) is 0 Å². The van der Waals surface area contributed by atoms with Gasteiger partial charge in [0, 0.05) is 25.8 Å². The predicted octanol–water partition coefficient (Wildman–Crippen LogP) is 2.90. The monoisotopic (exact) mass is 403 g/mol. The fraction of sp³-hybridized carbons (Fsp3) is 0.545. The molecule has 2 heterocycles. The molecular formula is C22H29NO6. The molecule has 0 bridgehead atoms. The molecule has 1 aromatic carbocycles. The van der Waals surface area contributed by atoms with Gasteiger partial charge in [0.25, 0.3) is 0 Å². The molecule has 0 radical (unpaired) electrons. The summed E-state index contributed by atoms with van der Waals surface area (Å²) in [7, 11) is 0. The average molecular weight is 403 g/mol. The van der Waals surface area contributed by atoms with Gasteiger partial charge in [-0.1, -0.05) is 31.1 Å². The zero-order valence-corrected chi connectivity index (χ0v) is 16.6. The number of carbonyl (C=O) groups is 2. The highest BCUT2D eigenvalue weighted by atomic mass is 16.7. The van der Waals surface area contributed by atoms with Crippen molar-refractivity contribution in [3.05, 3.63) is 35.9 Å². The van der Waals surface area contributed by atoms with Gasteiger partial charge in [-0.3, -0.25) is 9.59 Å². The lowest BCUT2D eigenvalue weighted by molar-refractivity contribution is -0.137. The van der Waals surface area contributed by atoms with Crippen LogP contribution in [0.1, 0.15) is 50.5 Å². The Balaban J connectivity index is 1.44. The third kappa shape index (κ3) is 6.22. The molecule has 0 aliphatic carbocycles. The van der Waals surface area contributed by atoms with Gasteiger partial charge in [0.1, 0.15) is 0 Å². The number of amides is 1. The molecule has 0 aromatic heterocycles. The highest BCUT2D eigenvalue weighted by molar-refractivity contribution is 5.79. The van der Waals surface area contributed by atoms with Crippen molar-refractivity contribution >= 4 is 11.9 Å². The minimum absolute atomic E-state index is 0.0212. The molecular weight excluding hydrogens is 374 g/mol. The number of nitrogens with zero attached hydrogens (tertiary/aromatic N) is 1. The zero-order chi connectivity index (χ0) is 20.6. The van der Waals surface area contributed by atoms with E-state index in [0.717, 1.165) is 37.0 Å². The topological polar surface area (TPSA) is 96.3 Å². The molecule has 158 valence electrons. The van der Waals surface area contributed by atoms with E-state index in [0.29, 0.717) is 31.6 Å². The number of aliphatic hydroxyl groups is 1. The summed E-state index contributed by atoms with van der Waals surface area (Å²) in [6.07, 6.45) is 8.38. The molecule has 0 spiro atoms. The van der Waals surface area contributed by atoms with E-state index in [1.165, 1.54) is 0 Å². The number of hydrogen-bond donors (Lipinski definition) is 2. The van der Waals surface area contributed by atoms with Gasteiger partial charge in [-0.25, -0.2) is 0 Å². The van der Waals surface area contributed by atoms with Crippen LogP contribution < -0.4 is 9.47 Å². The van der Waals surface area contributed by atoms with Crippen LogP contribution in [-0.2, 0) is 16.0 Å². The summed E-state index contributed by atoms with van der Waals surface area (Å²) >= 11 is 0. The van der Waals surface area contributed by atoms with Crippen molar-refractivity contribution in [3.63, 3.8) is 0 Å². The second-order valence-electron chi connectivity index (χ2n) is 7.60. The van der Waals surface area contributed by atoms with Crippen LogP contribution in [0.4, 0.5) is 0 Å². The molecule has 7 heteroatoms. The summed E-state index contributed by atoms with van der Waals surface area (Å²) in [6, 6.07) is 5.67. The van der Waals surface area contributed by atoms with Crippen molar-refractivity contribution < 1.29 is 29.3 Å². The van der Waals surface area contributed by atoms with Gasteiger partial charge in [0.05, 0.1) is 12.1 Å². The smallest absolute Gasteiger partial charge is 0.303 e.